The van der Waals surface area contributed by atoms with E-state index in [1.54, 1.807) is 30.9 Å². The number of aromatic nitrogens is 2. The van der Waals surface area contributed by atoms with Gasteiger partial charge in [0.1, 0.15) is 11.4 Å². The Morgan fingerprint density at radius 3 is 2.82 bits per heavy atom. The highest BCUT2D eigenvalue weighted by Gasteiger charge is 2.40. The summed E-state index contributed by atoms with van der Waals surface area (Å²) in [5.74, 6) is 0.643. The maximum atomic E-state index is 12.8. The molecule has 6 nitrogen and oxygen atoms in total. The van der Waals surface area contributed by atoms with E-state index in [-0.39, 0.29) is 11.8 Å². The lowest BCUT2D eigenvalue weighted by Gasteiger charge is -2.41. The van der Waals surface area contributed by atoms with Gasteiger partial charge >= 0.3 is 0 Å². The van der Waals surface area contributed by atoms with Crippen LogP contribution in [-0.4, -0.2) is 44.9 Å². The number of hydrogen-bond donors (Lipinski definition) is 1. The SMILES string of the molecule is Cc1nc2cc(C(=O)N3CCNC(=O)C3(C)C)ccc2n1C. The number of piperazine rings is 1. The number of carbonyl (C=O) groups is 2. The highest BCUT2D eigenvalue weighted by Crippen LogP contribution is 2.23. The van der Waals surface area contributed by atoms with E-state index in [2.05, 4.69) is 10.3 Å². The summed E-state index contributed by atoms with van der Waals surface area (Å²) in [6, 6.07) is 5.50. The molecular weight excluding hydrogens is 280 g/mol. The van der Waals surface area contributed by atoms with E-state index in [0.717, 1.165) is 16.9 Å². The van der Waals surface area contributed by atoms with Gasteiger partial charge in [0.15, 0.2) is 0 Å². The molecule has 0 aliphatic carbocycles. The second kappa shape index (κ2) is 4.83. The molecule has 0 atom stereocenters. The third-order valence-electron chi connectivity index (χ3n) is 4.45. The minimum atomic E-state index is -0.843. The Bertz CT molecular complexity index is 776. The van der Waals surface area contributed by atoms with Crippen molar-refractivity contribution >= 4 is 22.8 Å². The smallest absolute Gasteiger partial charge is 0.254 e. The van der Waals surface area contributed by atoms with Crippen LogP contribution in [0, 0.1) is 6.92 Å². The summed E-state index contributed by atoms with van der Waals surface area (Å²) in [5.41, 5.74) is 1.51. The molecule has 1 saturated heterocycles. The summed E-state index contributed by atoms with van der Waals surface area (Å²) < 4.78 is 1.99. The Kier molecular flexibility index (Phi) is 3.20. The number of amides is 2. The van der Waals surface area contributed by atoms with E-state index in [9.17, 15) is 9.59 Å². The zero-order valence-electron chi connectivity index (χ0n) is 13.3. The zero-order valence-corrected chi connectivity index (χ0v) is 13.3. The van der Waals surface area contributed by atoms with Gasteiger partial charge < -0.3 is 14.8 Å². The average molecular weight is 300 g/mol. The normalized spacial score (nSPS) is 17.6. The van der Waals surface area contributed by atoms with E-state index >= 15 is 0 Å². The van der Waals surface area contributed by atoms with Crippen LogP contribution < -0.4 is 5.32 Å². The third-order valence-corrected chi connectivity index (χ3v) is 4.45. The van der Waals surface area contributed by atoms with Crippen molar-refractivity contribution in [3.05, 3.63) is 29.6 Å². The number of aryl methyl sites for hydroxylation is 2. The van der Waals surface area contributed by atoms with Gasteiger partial charge in [-0.05, 0) is 39.0 Å². The molecule has 0 bridgehead atoms. The lowest BCUT2D eigenvalue weighted by molar-refractivity contribution is -0.133. The minimum Gasteiger partial charge on any atom is -0.352 e. The summed E-state index contributed by atoms with van der Waals surface area (Å²) in [6.45, 7) is 6.46. The Hall–Kier alpha value is -2.37. The van der Waals surface area contributed by atoms with Crippen LogP contribution in [0.3, 0.4) is 0 Å². The van der Waals surface area contributed by atoms with Crippen molar-refractivity contribution in [1.29, 1.82) is 0 Å². The summed E-state index contributed by atoms with van der Waals surface area (Å²) in [7, 11) is 1.95. The van der Waals surface area contributed by atoms with Gasteiger partial charge in [0.05, 0.1) is 11.0 Å². The summed E-state index contributed by atoms with van der Waals surface area (Å²) in [6.07, 6.45) is 0. The Labute approximate surface area is 129 Å². The first-order valence-corrected chi connectivity index (χ1v) is 7.35. The van der Waals surface area contributed by atoms with Gasteiger partial charge in [-0.3, -0.25) is 9.59 Å². The van der Waals surface area contributed by atoms with Gasteiger partial charge in [0.2, 0.25) is 5.91 Å². The second-order valence-electron chi connectivity index (χ2n) is 6.19. The van der Waals surface area contributed by atoms with E-state index in [1.807, 2.05) is 24.6 Å². The number of fused-ring (bicyclic) bond motifs is 1. The molecule has 2 amide bonds. The molecule has 0 radical (unpaired) electrons. The predicted molar refractivity (Wildman–Crippen MR) is 83.6 cm³/mol. The maximum Gasteiger partial charge on any atom is 0.254 e. The van der Waals surface area contributed by atoms with Gasteiger partial charge in [0, 0.05) is 25.7 Å². The lowest BCUT2D eigenvalue weighted by atomic mass is 9.97. The Morgan fingerprint density at radius 2 is 2.09 bits per heavy atom. The molecule has 0 saturated carbocycles. The fraction of sp³-hybridized carbons (Fsp3) is 0.438. The predicted octanol–water partition coefficient (Wildman–Crippen LogP) is 1.23. The molecule has 1 N–H and O–H groups in total. The molecule has 2 heterocycles. The Morgan fingerprint density at radius 1 is 1.36 bits per heavy atom. The number of imidazole rings is 1. The van der Waals surface area contributed by atoms with Crippen LogP contribution in [0.1, 0.15) is 30.0 Å². The zero-order chi connectivity index (χ0) is 16.1. The molecule has 6 heteroatoms. The van der Waals surface area contributed by atoms with Gasteiger partial charge in [-0.25, -0.2) is 4.98 Å². The van der Waals surface area contributed by atoms with Crippen LogP contribution >= 0.6 is 0 Å². The first-order valence-electron chi connectivity index (χ1n) is 7.35. The molecule has 0 spiro atoms. The first-order chi connectivity index (χ1) is 10.3. The van der Waals surface area contributed by atoms with Gasteiger partial charge in [-0.1, -0.05) is 0 Å². The van der Waals surface area contributed by atoms with Crippen molar-refractivity contribution < 1.29 is 9.59 Å². The maximum absolute atomic E-state index is 12.8. The third kappa shape index (κ3) is 2.06. The van der Waals surface area contributed by atoms with Crippen LogP contribution in [0.25, 0.3) is 11.0 Å². The van der Waals surface area contributed by atoms with Gasteiger partial charge in [-0.2, -0.15) is 0 Å². The molecule has 1 aliphatic heterocycles. The summed E-state index contributed by atoms with van der Waals surface area (Å²) in [4.78, 5) is 30.9. The standard InChI is InChI=1S/C16H20N4O2/c1-10-18-12-9-11(5-6-13(12)19(10)4)14(21)20-8-7-17-15(22)16(20,2)3/h5-6,9H,7-8H2,1-4H3,(H,17,22). The van der Waals surface area contributed by atoms with Gasteiger partial charge in [-0.15, -0.1) is 0 Å². The molecule has 1 aromatic carbocycles. The molecule has 1 aromatic heterocycles. The van der Waals surface area contributed by atoms with Crippen LogP contribution in [-0.2, 0) is 11.8 Å². The largest absolute Gasteiger partial charge is 0.352 e. The molecule has 3 rings (SSSR count). The van der Waals surface area contributed by atoms with E-state index in [4.69, 9.17) is 0 Å². The lowest BCUT2D eigenvalue weighted by Crippen LogP contribution is -2.63. The molecule has 2 aromatic rings. The summed E-state index contributed by atoms with van der Waals surface area (Å²) in [5, 5.41) is 2.80. The van der Waals surface area contributed by atoms with Crippen molar-refractivity contribution in [2.45, 2.75) is 26.3 Å². The number of nitrogens with one attached hydrogen (secondary N) is 1. The topological polar surface area (TPSA) is 67.2 Å². The number of nitrogens with zero attached hydrogens (tertiary/aromatic N) is 3. The number of hydrogen-bond acceptors (Lipinski definition) is 3. The quantitative estimate of drug-likeness (QED) is 0.861. The van der Waals surface area contributed by atoms with Gasteiger partial charge in [0.25, 0.3) is 5.91 Å². The Balaban J connectivity index is 2.00. The van der Waals surface area contributed by atoms with Crippen LogP contribution in [0.2, 0.25) is 0 Å². The highest BCUT2D eigenvalue weighted by molar-refractivity contribution is 6.01. The van der Waals surface area contributed by atoms with Crippen molar-refractivity contribution in [2.75, 3.05) is 13.1 Å². The van der Waals surface area contributed by atoms with Crippen LogP contribution in [0.5, 0.6) is 0 Å². The fourth-order valence-electron chi connectivity index (χ4n) is 2.86. The molecule has 22 heavy (non-hydrogen) atoms. The molecule has 0 unspecified atom stereocenters. The van der Waals surface area contributed by atoms with Crippen molar-refractivity contribution in [1.82, 2.24) is 19.8 Å². The fourth-order valence-corrected chi connectivity index (χ4v) is 2.86. The van der Waals surface area contributed by atoms with E-state index < -0.39 is 5.54 Å². The number of rotatable bonds is 1. The summed E-state index contributed by atoms with van der Waals surface area (Å²) >= 11 is 0. The molecule has 1 aliphatic rings. The minimum absolute atomic E-state index is 0.123. The van der Waals surface area contributed by atoms with Crippen LogP contribution in [0.15, 0.2) is 18.2 Å². The molecule has 116 valence electrons. The van der Waals surface area contributed by atoms with E-state index in [0.29, 0.717) is 18.7 Å². The van der Waals surface area contributed by atoms with Crippen molar-refractivity contribution in [3.8, 4) is 0 Å². The first kappa shape index (κ1) is 14.6. The van der Waals surface area contributed by atoms with Crippen molar-refractivity contribution in [2.24, 2.45) is 7.05 Å². The number of carbonyl (C=O) groups excluding carboxylic acids is 2. The van der Waals surface area contributed by atoms with Crippen LogP contribution in [0.4, 0.5) is 0 Å². The van der Waals surface area contributed by atoms with Crippen molar-refractivity contribution in [3.63, 3.8) is 0 Å². The van der Waals surface area contributed by atoms with E-state index in [1.165, 1.54) is 0 Å². The average Bonchev–Trinajstić information content (AvgIpc) is 2.76. The second-order valence-corrected chi connectivity index (χ2v) is 6.19. The monoisotopic (exact) mass is 300 g/mol. The highest BCUT2D eigenvalue weighted by atomic mass is 16.2. The molecular formula is C16H20N4O2. The molecule has 1 fully saturated rings. The number of benzene rings is 1.